The number of nitrogens with zero attached hydrogens (tertiary/aromatic N) is 2. The smallest absolute Gasteiger partial charge is 0.322 e. The van der Waals surface area contributed by atoms with Gasteiger partial charge in [-0.25, -0.2) is 9.78 Å². The number of aromatic nitrogens is 1. The van der Waals surface area contributed by atoms with Crippen LogP contribution in [0.15, 0.2) is 60.0 Å². The Labute approximate surface area is 194 Å². The van der Waals surface area contributed by atoms with E-state index in [1.165, 1.54) is 11.3 Å². The van der Waals surface area contributed by atoms with Crippen LogP contribution in [-0.4, -0.2) is 33.4 Å². The third-order valence-electron chi connectivity index (χ3n) is 5.25. The monoisotopic (exact) mass is 468 g/mol. The van der Waals surface area contributed by atoms with Crippen LogP contribution in [0.2, 0.25) is 5.02 Å². The zero-order valence-corrected chi connectivity index (χ0v) is 18.9. The minimum Gasteiger partial charge on any atom is -0.322 e. The molecule has 1 fully saturated rings. The quantitative estimate of drug-likeness (QED) is 0.513. The molecule has 3 aromatic rings. The van der Waals surface area contributed by atoms with Crippen molar-refractivity contribution in [2.75, 3.05) is 0 Å². The van der Waals surface area contributed by atoms with Crippen molar-refractivity contribution in [3.63, 3.8) is 0 Å². The van der Waals surface area contributed by atoms with E-state index in [4.69, 9.17) is 11.6 Å². The lowest BCUT2D eigenvalue weighted by atomic mass is 9.93. The fraction of sp³-hybridized carbons (Fsp3) is 0.217. The topological polar surface area (TPSA) is 91.4 Å². The number of rotatable bonds is 7. The van der Waals surface area contributed by atoms with Gasteiger partial charge < -0.3 is 5.32 Å². The molecule has 0 bridgehead atoms. The molecule has 0 aliphatic carbocycles. The molecule has 1 saturated heterocycles. The molecule has 1 aliphatic heterocycles. The third kappa shape index (κ3) is 4.66. The molecular weight excluding hydrogens is 448 g/mol. The lowest BCUT2D eigenvalue weighted by Gasteiger charge is -2.21. The fourth-order valence-electron chi connectivity index (χ4n) is 3.47. The van der Waals surface area contributed by atoms with Crippen LogP contribution < -0.4 is 10.7 Å². The maximum atomic E-state index is 12.9. The summed E-state index contributed by atoms with van der Waals surface area (Å²) in [5, 5.41) is 6.48. The molecule has 7 nitrogen and oxygen atoms in total. The Balaban J connectivity index is 1.37. The van der Waals surface area contributed by atoms with E-state index in [9.17, 15) is 14.4 Å². The number of hydrogen-bond acceptors (Lipinski definition) is 5. The van der Waals surface area contributed by atoms with Crippen LogP contribution in [0.5, 0.6) is 0 Å². The van der Waals surface area contributed by atoms with Crippen LogP contribution in [0.25, 0.3) is 10.6 Å². The summed E-state index contributed by atoms with van der Waals surface area (Å²) in [6.07, 6.45) is 0.967. The Morgan fingerprint density at radius 2 is 1.88 bits per heavy atom. The number of aryl methyl sites for hydroxylation is 1. The first kappa shape index (κ1) is 22.0. The highest BCUT2D eigenvalue weighted by atomic mass is 35.5. The number of amides is 4. The van der Waals surface area contributed by atoms with E-state index >= 15 is 0 Å². The van der Waals surface area contributed by atoms with Gasteiger partial charge in [-0.1, -0.05) is 60.1 Å². The molecular formula is C23H21ClN4O3S. The van der Waals surface area contributed by atoms with Crippen LogP contribution >= 0.6 is 22.9 Å². The van der Waals surface area contributed by atoms with E-state index in [0.717, 1.165) is 16.1 Å². The van der Waals surface area contributed by atoms with E-state index in [-0.39, 0.29) is 6.42 Å². The van der Waals surface area contributed by atoms with E-state index in [1.807, 2.05) is 48.5 Å². The van der Waals surface area contributed by atoms with Crippen molar-refractivity contribution in [3.05, 3.63) is 76.3 Å². The Kier molecular flexibility index (Phi) is 6.25. The largest absolute Gasteiger partial charge is 0.344 e. The standard InChI is InChI=1S/C23H21ClN4O3S/c1-23(12-11-15-7-3-2-4-8-15)21(30)28(22(31)26-23)27-19(29)13-16-14-32-20(25-16)17-9-5-6-10-18(17)24/h2-10,14H,11-13H2,1H3,(H,26,31)(H,27,29). The van der Waals surface area contributed by atoms with Gasteiger partial charge in [0, 0.05) is 10.9 Å². The highest BCUT2D eigenvalue weighted by Gasteiger charge is 2.48. The SMILES string of the molecule is CC1(CCc2ccccc2)NC(=O)N(NC(=O)Cc2csc(-c3ccccc3Cl)n2)C1=O. The number of nitrogens with one attached hydrogen (secondary N) is 2. The minimum atomic E-state index is -1.09. The second-order valence-electron chi connectivity index (χ2n) is 7.72. The number of halogens is 1. The predicted octanol–water partition coefficient (Wildman–Crippen LogP) is 3.98. The number of imide groups is 1. The van der Waals surface area contributed by atoms with Crippen LogP contribution in [0.1, 0.15) is 24.6 Å². The second-order valence-corrected chi connectivity index (χ2v) is 8.99. The number of urea groups is 1. The summed E-state index contributed by atoms with van der Waals surface area (Å²) in [5.41, 5.74) is 3.71. The van der Waals surface area contributed by atoms with Crippen molar-refractivity contribution in [1.82, 2.24) is 20.7 Å². The Bertz CT molecular complexity index is 1170. The van der Waals surface area contributed by atoms with Crippen molar-refractivity contribution in [1.29, 1.82) is 0 Å². The average molecular weight is 469 g/mol. The maximum Gasteiger partial charge on any atom is 0.344 e. The molecule has 4 amide bonds. The molecule has 9 heteroatoms. The van der Waals surface area contributed by atoms with Gasteiger partial charge in [0.15, 0.2) is 0 Å². The maximum absolute atomic E-state index is 12.9. The van der Waals surface area contributed by atoms with Crippen molar-refractivity contribution >= 4 is 40.8 Å². The van der Waals surface area contributed by atoms with Crippen LogP contribution in [0.4, 0.5) is 4.79 Å². The van der Waals surface area contributed by atoms with E-state index in [1.54, 1.807) is 18.4 Å². The number of thiazole rings is 1. The van der Waals surface area contributed by atoms with E-state index in [0.29, 0.717) is 28.6 Å². The van der Waals surface area contributed by atoms with Gasteiger partial charge in [-0.15, -0.1) is 11.3 Å². The molecule has 1 unspecified atom stereocenters. The predicted molar refractivity (Wildman–Crippen MR) is 123 cm³/mol. The Morgan fingerprint density at radius 3 is 2.62 bits per heavy atom. The van der Waals surface area contributed by atoms with Gasteiger partial charge in [0.2, 0.25) is 5.91 Å². The fourth-order valence-corrected chi connectivity index (χ4v) is 4.61. The van der Waals surface area contributed by atoms with E-state index < -0.39 is 23.4 Å². The van der Waals surface area contributed by atoms with Crippen molar-refractivity contribution in [3.8, 4) is 10.6 Å². The molecule has 0 radical (unpaired) electrons. The zero-order chi connectivity index (χ0) is 22.7. The molecule has 1 aliphatic rings. The molecule has 32 heavy (non-hydrogen) atoms. The number of carbonyl (C=O) groups is 3. The number of carbonyl (C=O) groups excluding carboxylic acids is 3. The van der Waals surface area contributed by atoms with Crippen molar-refractivity contribution in [2.24, 2.45) is 0 Å². The Hall–Kier alpha value is -3.23. The molecule has 0 saturated carbocycles. The van der Waals surface area contributed by atoms with Gasteiger partial charge in [-0.2, -0.15) is 5.01 Å². The molecule has 2 heterocycles. The zero-order valence-electron chi connectivity index (χ0n) is 17.3. The first-order chi connectivity index (χ1) is 15.4. The van der Waals surface area contributed by atoms with Gasteiger partial charge in [0.1, 0.15) is 10.5 Å². The van der Waals surface area contributed by atoms with Gasteiger partial charge >= 0.3 is 6.03 Å². The summed E-state index contributed by atoms with van der Waals surface area (Å²) < 4.78 is 0. The second kappa shape index (κ2) is 9.10. The number of hydrogen-bond donors (Lipinski definition) is 2. The highest BCUT2D eigenvalue weighted by molar-refractivity contribution is 7.13. The highest BCUT2D eigenvalue weighted by Crippen LogP contribution is 2.30. The van der Waals surface area contributed by atoms with Gasteiger partial charge in [-0.05, 0) is 31.4 Å². The van der Waals surface area contributed by atoms with Gasteiger partial charge in [0.25, 0.3) is 5.91 Å². The average Bonchev–Trinajstić information content (AvgIpc) is 3.32. The minimum absolute atomic E-state index is 0.0707. The molecule has 4 rings (SSSR count). The van der Waals surface area contributed by atoms with Crippen molar-refractivity contribution in [2.45, 2.75) is 31.7 Å². The first-order valence-electron chi connectivity index (χ1n) is 10.1. The molecule has 164 valence electrons. The van der Waals surface area contributed by atoms with E-state index in [2.05, 4.69) is 15.7 Å². The summed E-state index contributed by atoms with van der Waals surface area (Å²) >= 11 is 7.58. The van der Waals surface area contributed by atoms with Crippen LogP contribution in [-0.2, 0) is 22.4 Å². The number of benzene rings is 2. The molecule has 2 N–H and O–H groups in total. The summed E-state index contributed by atoms with van der Waals surface area (Å²) in [5.74, 6) is -0.987. The van der Waals surface area contributed by atoms with Crippen LogP contribution in [0.3, 0.4) is 0 Å². The Morgan fingerprint density at radius 1 is 1.16 bits per heavy atom. The first-order valence-corrected chi connectivity index (χ1v) is 11.3. The lowest BCUT2D eigenvalue weighted by molar-refractivity contribution is -0.138. The number of hydrazine groups is 1. The normalized spacial score (nSPS) is 18.0. The third-order valence-corrected chi connectivity index (χ3v) is 6.51. The van der Waals surface area contributed by atoms with Gasteiger partial charge in [0.05, 0.1) is 17.1 Å². The summed E-state index contributed by atoms with van der Waals surface area (Å²) in [6, 6.07) is 16.4. The van der Waals surface area contributed by atoms with Crippen molar-refractivity contribution < 1.29 is 14.4 Å². The summed E-state index contributed by atoms with van der Waals surface area (Å²) in [6.45, 7) is 1.67. The molecule has 0 spiro atoms. The molecule has 1 atom stereocenters. The van der Waals surface area contributed by atoms with Crippen LogP contribution in [0, 0.1) is 0 Å². The lowest BCUT2D eigenvalue weighted by Crippen LogP contribution is -2.49. The summed E-state index contributed by atoms with van der Waals surface area (Å²) in [7, 11) is 0. The summed E-state index contributed by atoms with van der Waals surface area (Å²) in [4.78, 5) is 42.2. The van der Waals surface area contributed by atoms with Gasteiger partial charge in [-0.3, -0.25) is 15.0 Å². The molecule has 2 aromatic carbocycles. The molecule has 1 aromatic heterocycles.